The monoisotopic (exact) mass is 249 g/mol. The molecule has 0 aromatic heterocycles. The summed E-state index contributed by atoms with van der Waals surface area (Å²) in [5, 5.41) is 2.92. The second-order valence-electron chi connectivity index (χ2n) is 4.86. The third-order valence-corrected chi connectivity index (χ3v) is 3.21. The highest BCUT2D eigenvalue weighted by atomic mass is 16.5. The lowest BCUT2D eigenvalue weighted by Gasteiger charge is -2.33. The molecule has 1 saturated heterocycles. The molecule has 1 N–H and O–H groups in total. The van der Waals surface area contributed by atoms with Crippen LogP contribution in [0.3, 0.4) is 0 Å². The van der Waals surface area contributed by atoms with Crippen molar-refractivity contribution >= 4 is 6.09 Å². The Hall–Kier alpha value is -1.55. The lowest BCUT2D eigenvalue weighted by Crippen LogP contribution is -2.49. The number of ether oxygens (including phenoxy) is 2. The Morgan fingerprint density at radius 3 is 2.67 bits per heavy atom. The third kappa shape index (κ3) is 3.74. The predicted molar refractivity (Wildman–Crippen MR) is 68.2 cm³/mol. The van der Waals surface area contributed by atoms with Crippen molar-refractivity contribution < 1.29 is 14.3 Å². The van der Waals surface area contributed by atoms with Crippen molar-refractivity contribution in [2.75, 3.05) is 13.2 Å². The number of hydrogen-bond acceptors (Lipinski definition) is 3. The van der Waals surface area contributed by atoms with Gasteiger partial charge in [-0.1, -0.05) is 30.3 Å². The maximum atomic E-state index is 11.7. The molecule has 1 aliphatic heterocycles. The van der Waals surface area contributed by atoms with Crippen LogP contribution in [0.5, 0.6) is 0 Å². The number of amides is 1. The number of alkyl carbamates (subject to hydrolysis) is 1. The van der Waals surface area contributed by atoms with Crippen LogP contribution in [0.15, 0.2) is 30.3 Å². The van der Waals surface area contributed by atoms with Crippen molar-refractivity contribution in [3.8, 4) is 0 Å². The fraction of sp³-hybridized carbons (Fsp3) is 0.500. The number of benzene rings is 1. The maximum Gasteiger partial charge on any atom is 0.407 e. The van der Waals surface area contributed by atoms with Crippen LogP contribution in [0.1, 0.15) is 25.3 Å². The van der Waals surface area contributed by atoms with Crippen LogP contribution in [-0.2, 0) is 16.1 Å². The van der Waals surface area contributed by atoms with Crippen molar-refractivity contribution in [2.24, 2.45) is 0 Å². The van der Waals surface area contributed by atoms with Gasteiger partial charge in [0.2, 0.25) is 0 Å². The molecule has 0 spiro atoms. The van der Waals surface area contributed by atoms with E-state index in [1.807, 2.05) is 37.3 Å². The molecule has 0 unspecified atom stereocenters. The summed E-state index contributed by atoms with van der Waals surface area (Å²) < 4.78 is 10.5. The first-order valence-corrected chi connectivity index (χ1v) is 6.25. The van der Waals surface area contributed by atoms with Gasteiger partial charge >= 0.3 is 6.09 Å². The summed E-state index contributed by atoms with van der Waals surface area (Å²) in [6.45, 7) is 3.71. The van der Waals surface area contributed by atoms with Crippen LogP contribution in [0.2, 0.25) is 0 Å². The number of hydrogen-bond donors (Lipinski definition) is 1. The van der Waals surface area contributed by atoms with Crippen molar-refractivity contribution in [2.45, 2.75) is 31.9 Å². The highest BCUT2D eigenvalue weighted by Crippen LogP contribution is 2.19. The zero-order chi connectivity index (χ0) is 12.8. The molecule has 18 heavy (non-hydrogen) atoms. The largest absolute Gasteiger partial charge is 0.445 e. The molecule has 0 aliphatic carbocycles. The van der Waals surface area contributed by atoms with Crippen molar-refractivity contribution in [3.63, 3.8) is 0 Å². The number of carbonyl (C=O) groups is 1. The van der Waals surface area contributed by atoms with E-state index in [2.05, 4.69) is 5.32 Å². The third-order valence-electron chi connectivity index (χ3n) is 3.21. The van der Waals surface area contributed by atoms with Crippen LogP contribution >= 0.6 is 0 Å². The van der Waals surface area contributed by atoms with Crippen molar-refractivity contribution in [3.05, 3.63) is 35.9 Å². The maximum absolute atomic E-state index is 11.7. The average Bonchev–Trinajstić information content (AvgIpc) is 2.38. The molecular weight excluding hydrogens is 230 g/mol. The second-order valence-corrected chi connectivity index (χ2v) is 4.86. The molecule has 1 fully saturated rings. The normalized spacial score (nSPS) is 18.1. The van der Waals surface area contributed by atoms with Gasteiger partial charge in [0.15, 0.2) is 0 Å². The lowest BCUT2D eigenvalue weighted by atomic mass is 9.93. The summed E-state index contributed by atoms with van der Waals surface area (Å²) >= 11 is 0. The van der Waals surface area contributed by atoms with Crippen LogP contribution in [-0.4, -0.2) is 24.8 Å². The molecule has 1 aromatic rings. The summed E-state index contributed by atoms with van der Waals surface area (Å²) in [6.07, 6.45) is 1.30. The van der Waals surface area contributed by atoms with Gasteiger partial charge in [-0.2, -0.15) is 0 Å². The van der Waals surface area contributed by atoms with E-state index in [9.17, 15) is 4.79 Å². The van der Waals surface area contributed by atoms with Crippen LogP contribution < -0.4 is 5.32 Å². The fourth-order valence-electron chi connectivity index (χ4n) is 1.95. The SMILES string of the molecule is CC1(NC(=O)OCc2ccccc2)CCOCC1. The van der Waals surface area contributed by atoms with E-state index in [-0.39, 0.29) is 11.6 Å². The van der Waals surface area contributed by atoms with Crippen LogP contribution in [0.4, 0.5) is 4.79 Å². The lowest BCUT2D eigenvalue weighted by molar-refractivity contribution is 0.0413. The molecule has 0 radical (unpaired) electrons. The van der Waals surface area contributed by atoms with Crippen molar-refractivity contribution in [1.82, 2.24) is 5.32 Å². The zero-order valence-electron chi connectivity index (χ0n) is 10.6. The molecule has 98 valence electrons. The highest BCUT2D eigenvalue weighted by molar-refractivity contribution is 5.68. The molecule has 0 atom stereocenters. The quantitative estimate of drug-likeness (QED) is 0.895. The molecule has 0 saturated carbocycles. The predicted octanol–water partition coefficient (Wildman–Crippen LogP) is 2.48. The molecule has 1 heterocycles. The fourth-order valence-corrected chi connectivity index (χ4v) is 1.95. The summed E-state index contributed by atoms with van der Waals surface area (Å²) in [4.78, 5) is 11.7. The van der Waals surface area contributed by atoms with Gasteiger partial charge in [0.1, 0.15) is 6.61 Å². The summed E-state index contributed by atoms with van der Waals surface area (Å²) in [6, 6.07) is 9.66. The Kier molecular flexibility index (Phi) is 4.20. The standard InChI is InChI=1S/C14H19NO3/c1-14(7-9-17-10-8-14)15-13(16)18-11-12-5-3-2-4-6-12/h2-6H,7-11H2,1H3,(H,15,16). The van der Waals surface area contributed by atoms with Gasteiger partial charge in [-0.3, -0.25) is 0 Å². The van der Waals surface area contributed by atoms with Crippen LogP contribution in [0.25, 0.3) is 0 Å². The van der Waals surface area contributed by atoms with Gasteiger partial charge in [0.25, 0.3) is 0 Å². The Bertz CT molecular complexity index is 385. The van der Waals surface area contributed by atoms with E-state index < -0.39 is 0 Å². The molecule has 1 amide bonds. The molecular formula is C14H19NO3. The first kappa shape index (κ1) is 12.9. The van der Waals surface area contributed by atoms with E-state index in [4.69, 9.17) is 9.47 Å². The van der Waals surface area contributed by atoms with E-state index in [0.29, 0.717) is 19.8 Å². The summed E-state index contributed by atoms with van der Waals surface area (Å²) in [5.41, 5.74) is 0.788. The number of nitrogens with one attached hydrogen (secondary N) is 1. The molecule has 2 rings (SSSR count). The molecule has 0 bridgehead atoms. The van der Waals surface area contributed by atoms with Crippen LogP contribution in [0, 0.1) is 0 Å². The van der Waals surface area contributed by atoms with E-state index in [1.165, 1.54) is 0 Å². The summed E-state index contributed by atoms with van der Waals surface area (Å²) in [5.74, 6) is 0. The van der Waals surface area contributed by atoms with E-state index in [0.717, 1.165) is 18.4 Å². The average molecular weight is 249 g/mol. The van der Waals surface area contributed by atoms with Gasteiger partial charge in [0, 0.05) is 18.8 Å². The van der Waals surface area contributed by atoms with Crippen molar-refractivity contribution in [1.29, 1.82) is 0 Å². The minimum absolute atomic E-state index is 0.202. The molecule has 1 aliphatic rings. The van der Waals surface area contributed by atoms with Gasteiger partial charge in [0.05, 0.1) is 0 Å². The topological polar surface area (TPSA) is 47.6 Å². The Balaban J connectivity index is 1.78. The zero-order valence-corrected chi connectivity index (χ0v) is 10.6. The smallest absolute Gasteiger partial charge is 0.407 e. The Labute approximate surface area is 107 Å². The second kappa shape index (κ2) is 5.87. The number of rotatable bonds is 3. The Morgan fingerprint density at radius 1 is 1.33 bits per heavy atom. The Morgan fingerprint density at radius 2 is 2.00 bits per heavy atom. The van der Waals surface area contributed by atoms with Gasteiger partial charge in [-0.15, -0.1) is 0 Å². The van der Waals surface area contributed by atoms with Gasteiger partial charge in [-0.05, 0) is 25.3 Å². The van der Waals surface area contributed by atoms with E-state index in [1.54, 1.807) is 0 Å². The highest BCUT2D eigenvalue weighted by Gasteiger charge is 2.29. The van der Waals surface area contributed by atoms with Gasteiger partial charge in [-0.25, -0.2) is 4.79 Å². The minimum Gasteiger partial charge on any atom is -0.445 e. The molecule has 4 heteroatoms. The summed E-state index contributed by atoms with van der Waals surface area (Å²) in [7, 11) is 0. The molecule has 4 nitrogen and oxygen atoms in total. The first-order valence-electron chi connectivity index (χ1n) is 6.25. The first-order chi connectivity index (χ1) is 8.68. The van der Waals surface area contributed by atoms with Gasteiger partial charge < -0.3 is 14.8 Å². The minimum atomic E-state index is -0.358. The van der Waals surface area contributed by atoms with E-state index >= 15 is 0 Å². The molecule has 1 aromatic carbocycles. The number of carbonyl (C=O) groups excluding carboxylic acids is 1.